The van der Waals surface area contributed by atoms with Crippen molar-refractivity contribution >= 4 is 5.91 Å². The number of nitrogens with zero attached hydrogens (tertiary/aromatic N) is 1. The predicted octanol–water partition coefficient (Wildman–Crippen LogP) is 0.379. The third-order valence-corrected chi connectivity index (χ3v) is 4.32. The molecule has 2 saturated heterocycles. The van der Waals surface area contributed by atoms with Crippen molar-refractivity contribution in [3.63, 3.8) is 0 Å². The van der Waals surface area contributed by atoms with E-state index in [0.717, 1.165) is 19.3 Å². The lowest BCUT2D eigenvalue weighted by Crippen LogP contribution is -2.55. The van der Waals surface area contributed by atoms with Crippen molar-refractivity contribution < 1.29 is 14.3 Å². The fourth-order valence-corrected chi connectivity index (χ4v) is 2.91. The van der Waals surface area contributed by atoms with E-state index in [1.165, 1.54) is 0 Å². The summed E-state index contributed by atoms with van der Waals surface area (Å²) in [5.74, 6) is 0.559. The van der Waals surface area contributed by atoms with Crippen LogP contribution in [0.3, 0.4) is 0 Å². The van der Waals surface area contributed by atoms with E-state index >= 15 is 0 Å². The first-order valence-electron chi connectivity index (χ1n) is 8.23. The van der Waals surface area contributed by atoms with E-state index in [1.807, 2.05) is 18.2 Å². The molecule has 0 aliphatic carbocycles. The molecule has 126 valence electrons. The van der Waals surface area contributed by atoms with E-state index in [-0.39, 0.29) is 24.1 Å². The molecule has 1 aromatic heterocycles. The van der Waals surface area contributed by atoms with Crippen LogP contribution in [0.2, 0.25) is 0 Å². The summed E-state index contributed by atoms with van der Waals surface area (Å²) in [6.07, 6.45) is 4.09. The van der Waals surface area contributed by atoms with Crippen LogP contribution in [0, 0.1) is 0 Å². The Bertz CT molecular complexity index is 513. The Morgan fingerprint density at radius 1 is 1.48 bits per heavy atom. The van der Waals surface area contributed by atoms with Gasteiger partial charge in [0.25, 0.3) is 0 Å². The average molecular weight is 320 g/mol. The Morgan fingerprint density at radius 3 is 3.13 bits per heavy atom. The van der Waals surface area contributed by atoms with Crippen molar-refractivity contribution in [1.82, 2.24) is 21.2 Å². The van der Waals surface area contributed by atoms with Crippen LogP contribution >= 0.6 is 0 Å². The second kappa shape index (κ2) is 7.72. The molecule has 0 saturated carbocycles. The number of aromatic nitrogens is 1. The van der Waals surface area contributed by atoms with Crippen LogP contribution < -0.4 is 20.9 Å². The Hall–Kier alpha value is -1.70. The molecule has 3 rings (SSSR count). The molecule has 3 N–H and O–H groups in total. The summed E-state index contributed by atoms with van der Waals surface area (Å²) in [4.78, 5) is 16.6. The molecule has 1 aromatic rings. The lowest BCUT2D eigenvalue weighted by atomic mass is 10.0. The molecule has 4 atom stereocenters. The summed E-state index contributed by atoms with van der Waals surface area (Å²) in [5.41, 5.74) is 6.20. The molecular formula is C16H24N4O3. The van der Waals surface area contributed by atoms with Crippen LogP contribution in [0.15, 0.2) is 24.4 Å². The van der Waals surface area contributed by atoms with Gasteiger partial charge in [-0.2, -0.15) is 0 Å². The Labute approximate surface area is 136 Å². The first kappa shape index (κ1) is 16.2. The normalized spacial score (nSPS) is 30.8. The van der Waals surface area contributed by atoms with E-state index < -0.39 is 0 Å². The fraction of sp³-hybridized carbons (Fsp3) is 0.625. The molecule has 7 heteroatoms. The van der Waals surface area contributed by atoms with Gasteiger partial charge in [0.2, 0.25) is 11.8 Å². The van der Waals surface area contributed by atoms with Crippen LogP contribution in [-0.2, 0) is 9.53 Å². The molecule has 7 nitrogen and oxygen atoms in total. The van der Waals surface area contributed by atoms with Crippen LogP contribution in [-0.4, -0.2) is 48.3 Å². The van der Waals surface area contributed by atoms with Crippen molar-refractivity contribution in [2.24, 2.45) is 0 Å². The molecule has 2 aliphatic heterocycles. The largest absolute Gasteiger partial charge is 0.472 e. The number of hydrogen-bond acceptors (Lipinski definition) is 6. The number of hydrogen-bond donors (Lipinski definition) is 3. The molecule has 3 heterocycles. The van der Waals surface area contributed by atoms with Gasteiger partial charge < -0.3 is 14.8 Å². The van der Waals surface area contributed by atoms with Gasteiger partial charge in [-0.3, -0.25) is 10.2 Å². The van der Waals surface area contributed by atoms with Crippen molar-refractivity contribution in [1.29, 1.82) is 0 Å². The first-order chi connectivity index (χ1) is 11.3. The monoisotopic (exact) mass is 320 g/mol. The van der Waals surface area contributed by atoms with Crippen molar-refractivity contribution in [3.8, 4) is 5.88 Å². The van der Waals surface area contributed by atoms with E-state index in [1.54, 1.807) is 6.20 Å². The standard InChI is InChI=1S/C16H24N4O3/c1-2-11-9-12(20-19-11)16(21)18-13-10-22-8-6-14(13)23-15-5-3-4-7-17-15/h3-5,7,11-14,19-20H,2,6,8-10H2,1H3,(H,18,21)/t11?,12?,13-,14-/m1/s1. The van der Waals surface area contributed by atoms with Gasteiger partial charge >= 0.3 is 0 Å². The number of ether oxygens (including phenoxy) is 2. The molecule has 0 aromatic carbocycles. The van der Waals surface area contributed by atoms with E-state index in [2.05, 4.69) is 28.1 Å². The van der Waals surface area contributed by atoms with E-state index in [9.17, 15) is 4.79 Å². The number of rotatable bonds is 5. The second-order valence-corrected chi connectivity index (χ2v) is 5.99. The molecule has 2 aliphatic rings. The zero-order valence-electron chi connectivity index (χ0n) is 13.3. The Kier molecular flexibility index (Phi) is 5.43. The molecule has 2 unspecified atom stereocenters. The van der Waals surface area contributed by atoms with E-state index in [0.29, 0.717) is 25.1 Å². The maximum Gasteiger partial charge on any atom is 0.238 e. The lowest BCUT2D eigenvalue weighted by molar-refractivity contribution is -0.126. The Balaban J connectivity index is 1.57. The highest BCUT2D eigenvalue weighted by Crippen LogP contribution is 2.16. The molecule has 23 heavy (non-hydrogen) atoms. The SMILES string of the molecule is CCC1CC(C(=O)N[C@@H]2COCC[C@H]2Oc2ccccn2)NN1. The van der Waals surface area contributed by atoms with Crippen LogP contribution in [0.1, 0.15) is 26.2 Å². The van der Waals surface area contributed by atoms with Gasteiger partial charge in [-0.25, -0.2) is 10.4 Å². The molecule has 0 spiro atoms. The summed E-state index contributed by atoms with van der Waals surface area (Å²) < 4.78 is 11.4. The van der Waals surface area contributed by atoms with Gasteiger partial charge in [-0.05, 0) is 18.9 Å². The summed E-state index contributed by atoms with van der Waals surface area (Å²) in [6, 6.07) is 5.52. The Morgan fingerprint density at radius 2 is 2.39 bits per heavy atom. The number of carbonyl (C=O) groups excluding carboxylic acids is 1. The number of carbonyl (C=O) groups is 1. The van der Waals surface area contributed by atoms with Gasteiger partial charge in [0.05, 0.1) is 19.3 Å². The predicted molar refractivity (Wildman–Crippen MR) is 84.8 cm³/mol. The summed E-state index contributed by atoms with van der Waals surface area (Å²) in [6.45, 7) is 3.19. The minimum absolute atomic E-state index is 0.0152. The van der Waals surface area contributed by atoms with Crippen molar-refractivity contribution in [2.75, 3.05) is 13.2 Å². The highest BCUT2D eigenvalue weighted by molar-refractivity contribution is 5.82. The highest BCUT2D eigenvalue weighted by Gasteiger charge is 2.34. The summed E-state index contributed by atoms with van der Waals surface area (Å²) in [5, 5.41) is 3.06. The molecule has 0 radical (unpaired) electrons. The van der Waals surface area contributed by atoms with Crippen LogP contribution in [0.4, 0.5) is 0 Å². The summed E-state index contributed by atoms with van der Waals surface area (Å²) >= 11 is 0. The average Bonchev–Trinajstić information content (AvgIpc) is 3.07. The van der Waals surface area contributed by atoms with Crippen LogP contribution in [0.5, 0.6) is 5.88 Å². The maximum atomic E-state index is 12.4. The van der Waals surface area contributed by atoms with Gasteiger partial charge in [0.15, 0.2) is 0 Å². The van der Waals surface area contributed by atoms with Gasteiger partial charge in [0, 0.05) is 24.7 Å². The third kappa shape index (κ3) is 4.19. The topological polar surface area (TPSA) is 84.5 Å². The van der Waals surface area contributed by atoms with Crippen molar-refractivity contribution in [3.05, 3.63) is 24.4 Å². The quantitative estimate of drug-likeness (QED) is 0.727. The maximum absolute atomic E-state index is 12.4. The van der Waals surface area contributed by atoms with Crippen molar-refractivity contribution in [2.45, 2.75) is 50.4 Å². The lowest BCUT2D eigenvalue weighted by Gasteiger charge is -2.32. The minimum atomic E-state index is -0.211. The molecule has 1 amide bonds. The highest BCUT2D eigenvalue weighted by atomic mass is 16.5. The van der Waals surface area contributed by atoms with Crippen LogP contribution in [0.25, 0.3) is 0 Å². The fourth-order valence-electron chi connectivity index (χ4n) is 2.91. The smallest absolute Gasteiger partial charge is 0.238 e. The number of hydrazine groups is 1. The zero-order chi connectivity index (χ0) is 16.1. The number of nitrogens with one attached hydrogen (secondary N) is 3. The van der Waals surface area contributed by atoms with E-state index in [4.69, 9.17) is 9.47 Å². The number of pyridine rings is 1. The molecule has 0 bridgehead atoms. The molecule has 2 fully saturated rings. The second-order valence-electron chi connectivity index (χ2n) is 5.99. The summed E-state index contributed by atoms with van der Waals surface area (Å²) in [7, 11) is 0. The first-order valence-corrected chi connectivity index (χ1v) is 8.23. The zero-order valence-corrected chi connectivity index (χ0v) is 13.3. The van der Waals surface area contributed by atoms with Gasteiger partial charge in [-0.1, -0.05) is 13.0 Å². The third-order valence-electron chi connectivity index (χ3n) is 4.32. The van der Waals surface area contributed by atoms with Gasteiger partial charge in [0.1, 0.15) is 12.1 Å². The number of amides is 1. The minimum Gasteiger partial charge on any atom is -0.472 e. The molecular weight excluding hydrogens is 296 g/mol. The van der Waals surface area contributed by atoms with Gasteiger partial charge in [-0.15, -0.1) is 0 Å².